The number of hydrogen-bond donors (Lipinski definition) is 2. The fourth-order valence-electron chi connectivity index (χ4n) is 4.23. The van der Waals surface area contributed by atoms with Gasteiger partial charge in [-0.2, -0.15) is 13.2 Å². The minimum absolute atomic E-state index is 0. The molecule has 1 aromatic carbocycles. The zero-order valence-corrected chi connectivity index (χ0v) is 21.2. The van der Waals surface area contributed by atoms with Gasteiger partial charge in [-0.3, -0.25) is 4.79 Å². The van der Waals surface area contributed by atoms with Gasteiger partial charge in [0.2, 0.25) is 5.91 Å². The first-order valence-electron chi connectivity index (χ1n) is 11.4. The lowest BCUT2D eigenvalue weighted by atomic mass is 9.88. The van der Waals surface area contributed by atoms with E-state index in [1.807, 2.05) is 11.8 Å². The van der Waals surface area contributed by atoms with Gasteiger partial charge in [-0.25, -0.2) is 4.99 Å². The lowest BCUT2D eigenvalue weighted by molar-refractivity contribution is -0.137. The standard InChI is InChI=1S/C24H31F3N4O.HI/c1-2-28-23(29-14-7-9-18-8-6-12-20(16-18)24(25,26)27)30-21-13-15-31(17-21)22(32)19-10-4-3-5-11-19;/h6,8,12,16,19,21H,2-5,10-11,13-15,17H2,1H3,(H2,28,29,30);1H. The SMILES string of the molecule is CCNC(=NCC#Cc1cccc(C(F)(F)F)c1)NC1CCN(C(=O)C2CCCCC2)C1.I. The maximum atomic E-state index is 12.8. The molecule has 1 amide bonds. The molecule has 3 rings (SSSR count). The molecule has 33 heavy (non-hydrogen) atoms. The Kier molecular flexibility index (Phi) is 10.8. The first-order chi connectivity index (χ1) is 15.4. The summed E-state index contributed by atoms with van der Waals surface area (Å²) in [5.41, 5.74) is -0.406. The van der Waals surface area contributed by atoms with Crippen LogP contribution in [0.1, 0.15) is 56.6 Å². The third-order valence-corrected chi connectivity index (χ3v) is 5.88. The normalized spacial score (nSPS) is 19.3. The summed E-state index contributed by atoms with van der Waals surface area (Å²) < 4.78 is 38.4. The summed E-state index contributed by atoms with van der Waals surface area (Å²) >= 11 is 0. The van der Waals surface area contributed by atoms with Crippen LogP contribution in [0.15, 0.2) is 29.3 Å². The van der Waals surface area contributed by atoms with E-state index in [0.29, 0.717) is 24.6 Å². The van der Waals surface area contributed by atoms with Crippen molar-refractivity contribution in [2.45, 2.75) is 57.7 Å². The Morgan fingerprint density at radius 2 is 1.97 bits per heavy atom. The Morgan fingerprint density at radius 3 is 2.67 bits per heavy atom. The summed E-state index contributed by atoms with van der Waals surface area (Å²) in [5, 5.41) is 6.52. The number of benzene rings is 1. The number of nitrogens with zero attached hydrogens (tertiary/aromatic N) is 2. The molecule has 1 atom stereocenters. The van der Waals surface area contributed by atoms with E-state index in [1.165, 1.54) is 12.5 Å². The predicted octanol–water partition coefficient (Wildman–Crippen LogP) is 4.41. The van der Waals surface area contributed by atoms with E-state index in [2.05, 4.69) is 27.5 Å². The van der Waals surface area contributed by atoms with Crippen molar-refractivity contribution < 1.29 is 18.0 Å². The van der Waals surface area contributed by atoms with Gasteiger partial charge in [0.1, 0.15) is 6.54 Å². The van der Waals surface area contributed by atoms with Crippen molar-refractivity contribution in [2.24, 2.45) is 10.9 Å². The average Bonchev–Trinajstić information content (AvgIpc) is 3.25. The van der Waals surface area contributed by atoms with Crippen molar-refractivity contribution in [2.75, 3.05) is 26.2 Å². The van der Waals surface area contributed by atoms with Gasteiger partial charge >= 0.3 is 6.18 Å². The Balaban J connectivity index is 0.00000385. The molecule has 1 aromatic rings. The predicted molar refractivity (Wildman–Crippen MR) is 134 cm³/mol. The van der Waals surface area contributed by atoms with Crippen molar-refractivity contribution in [1.29, 1.82) is 0 Å². The van der Waals surface area contributed by atoms with Crippen LogP contribution in [0.2, 0.25) is 0 Å². The maximum Gasteiger partial charge on any atom is 0.416 e. The molecule has 1 aliphatic heterocycles. The van der Waals surface area contributed by atoms with Crippen LogP contribution < -0.4 is 10.6 Å². The minimum atomic E-state index is -4.38. The Hall–Kier alpha value is -1.96. The number of nitrogens with one attached hydrogen (secondary N) is 2. The highest BCUT2D eigenvalue weighted by Crippen LogP contribution is 2.29. The van der Waals surface area contributed by atoms with Crippen molar-refractivity contribution in [3.63, 3.8) is 0 Å². The van der Waals surface area contributed by atoms with Gasteiger partial charge in [0.05, 0.1) is 5.56 Å². The van der Waals surface area contributed by atoms with Gasteiger partial charge in [-0.15, -0.1) is 24.0 Å². The highest BCUT2D eigenvalue weighted by atomic mass is 127. The van der Waals surface area contributed by atoms with Gasteiger partial charge < -0.3 is 15.5 Å². The van der Waals surface area contributed by atoms with Crippen LogP contribution in [0.5, 0.6) is 0 Å². The average molecular weight is 576 g/mol. The molecule has 2 fully saturated rings. The topological polar surface area (TPSA) is 56.7 Å². The Bertz CT molecular complexity index is 872. The molecule has 0 aromatic heterocycles. The van der Waals surface area contributed by atoms with E-state index in [0.717, 1.165) is 50.8 Å². The summed E-state index contributed by atoms with van der Waals surface area (Å²) in [5.74, 6) is 6.61. The number of likely N-dealkylation sites (tertiary alicyclic amines) is 1. The zero-order chi connectivity index (χ0) is 23.0. The van der Waals surface area contributed by atoms with Crippen LogP contribution in [-0.4, -0.2) is 49.0 Å². The van der Waals surface area contributed by atoms with E-state index >= 15 is 0 Å². The van der Waals surface area contributed by atoms with Crippen molar-refractivity contribution in [3.05, 3.63) is 35.4 Å². The third kappa shape index (κ3) is 8.40. The van der Waals surface area contributed by atoms with Crippen LogP contribution in [0.25, 0.3) is 0 Å². The molecule has 1 heterocycles. The quantitative estimate of drug-likeness (QED) is 0.242. The summed E-state index contributed by atoms with van der Waals surface area (Å²) in [7, 11) is 0. The van der Waals surface area contributed by atoms with Crippen molar-refractivity contribution in [1.82, 2.24) is 15.5 Å². The van der Waals surface area contributed by atoms with E-state index < -0.39 is 11.7 Å². The van der Waals surface area contributed by atoms with E-state index in [9.17, 15) is 18.0 Å². The van der Waals surface area contributed by atoms with Gasteiger partial charge in [-0.1, -0.05) is 37.2 Å². The molecule has 2 aliphatic rings. The summed E-state index contributed by atoms with van der Waals surface area (Å²) in [6, 6.07) is 5.09. The van der Waals surface area contributed by atoms with Gasteiger partial charge in [0.25, 0.3) is 0 Å². The lowest BCUT2D eigenvalue weighted by Crippen LogP contribution is -2.45. The second-order valence-corrected chi connectivity index (χ2v) is 8.32. The van der Waals surface area contributed by atoms with Crippen LogP contribution >= 0.6 is 24.0 Å². The van der Waals surface area contributed by atoms with Crippen LogP contribution in [0.3, 0.4) is 0 Å². The molecule has 182 valence electrons. The number of carbonyl (C=O) groups excluding carboxylic acids is 1. The molecule has 0 bridgehead atoms. The molecule has 0 radical (unpaired) electrons. The number of hydrogen-bond acceptors (Lipinski definition) is 2. The van der Waals surface area contributed by atoms with Gasteiger partial charge in [0, 0.05) is 37.2 Å². The highest BCUT2D eigenvalue weighted by molar-refractivity contribution is 14.0. The number of alkyl halides is 3. The second kappa shape index (κ2) is 13.1. The van der Waals surface area contributed by atoms with Crippen LogP contribution in [-0.2, 0) is 11.0 Å². The third-order valence-electron chi connectivity index (χ3n) is 5.88. The molecule has 1 aliphatic carbocycles. The molecule has 1 saturated heterocycles. The first-order valence-corrected chi connectivity index (χ1v) is 11.4. The second-order valence-electron chi connectivity index (χ2n) is 8.32. The number of carbonyl (C=O) groups is 1. The van der Waals surface area contributed by atoms with E-state index in [-0.39, 0.29) is 48.4 Å². The number of halogens is 4. The van der Waals surface area contributed by atoms with Gasteiger partial charge in [-0.05, 0) is 44.4 Å². The largest absolute Gasteiger partial charge is 0.416 e. The molecule has 1 saturated carbocycles. The number of rotatable bonds is 4. The van der Waals surface area contributed by atoms with Gasteiger partial charge in [0.15, 0.2) is 5.96 Å². The number of amides is 1. The molecular formula is C24H32F3IN4O. The Morgan fingerprint density at radius 1 is 1.21 bits per heavy atom. The summed E-state index contributed by atoms with van der Waals surface area (Å²) in [6.07, 6.45) is 2.00. The lowest BCUT2D eigenvalue weighted by Gasteiger charge is -2.26. The molecule has 1 unspecified atom stereocenters. The number of guanidine groups is 1. The van der Waals surface area contributed by atoms with E-state index in [1.54, 1.807) is 6.07 Å². The molecule has 2 N–H and O–H groups in total. The Labute approximate surface area is 211 Å². The summed E-state index contributed by atoms with van der Waals surface area (Å²) in [4.78, 5) is 19.1. The van der Waals surface area contributed by atoms with E-state index in [4.69, 9.17) is 0 Å². The zero-order valence-electron chi connectivity index (χ0n) is 18.9. The minimum Gasteiger partial charge on any atom is -0.357 e. The monoisotopic (exact) mass is 576 g/mol. The first kappa shape index (κ1) is 27.3. The highest BCUT2D eigenvalue weighted by Gasteiger charge is 2.32. The van der Waals surface area contributed by atoms with Crippen LogP contribution in [0.4, 0.5) is 13.2 Å². The summed E-state index contributed by atoms with van der Waals surface area (Å²) in [6.45, 7) is 4.20. The maximum absolute atomic E-state index is 12.8. The smallest absolute Gasteiger partial charge is 0.357 e. The fraction of sp³-hybridized carbons (Fsp3) is 0.583. The molecular weight excluding hydrogens is 544 g/mol. The van der Waals surface area contributed by atoms with Crippen LogP contribution in [0, 0.1) is 17.8 Å². The van der Waals surface area contributed by atoms with Crippen molar-refractivity contribution in [3.8, 4) is 11.8 Å². The number of aliphatic imine (C=N–C) groups is 1. The fourth-order valence-corrected chi connectivity index (χ4v) is 4.23. The molecule has 0 spiro atoms. The van der Waals surface area contributed by atoms with Crippen molar-refractivity contribution >= 4 is 35.8 Å². The molecule has 5 nitrogen and oxygen atoms in total. The molecule has 9 heteroatoms.